The molecule has 1 aliphatic heterocycles. The summed E-state index contributed by atoms with van der Waals surface area (Å²) in [6, 6.07) is 11.2. The predicted molar refractivity (Wildman–Crippen MR) is 95.1 cm³/mol. The minimum Gasteiger partial charge on any atom is -0.326 e. The van der Waals surface area contributed by atoms with Crippen LogP contribution in [0.15, 0.2) is 59.5 Å². The quantitative estimate of drug-likeness (QED) is 0.495. The summed E-state index contributed by atoms with van der Waals surface area (Å²) in [6.45, 7) is 0. The Morgan fingerprint density at radius 3 is 1.93 bits per heavy atom. The van der Waals surface area contributed by atoms with Gasteiger partial charge in [-0.25, -0.2) is 18.4 Å². The molecule has 5 N–H and O–H groups in total. The molecule has 28 heavy (non-hydrogen) atoms. The van der Waals surface area contributed by atoms with Crippen LogP contribution in [-0.4, -0.2) is 32.2 Å². The van der Waals surface area contributed by atoms with Gasteiger partial charge in [0.05, 0.1) is 4.90 Å². The number of barbiturate groups is 1. The van der Waals surface area contributed by atoms with Gasteiger partial charge in [-0.05, 0) is 29.8 Å². The fourth-order valence-corrected chi connectivity index (χ4v) is 3.22. The van der Waals surface area contributed by atoms with E-state index in [-0.39, 0.29) is 16.0 Å². The highest BCUT2D eigenvalue weighted by Crippen LogP contribution is 2.25. The monoisotopic (exact) mass is 402 g/mol. The molecule has 144 valence electrons. The lowest BCUT2D eigenvalue weighted by atomic mass is 9.86. The van der Waals surface area contributed by atoms with Crippen LogP contribution in [0.5, 0.6) is 0 Å². The molecule has 1 fully saturated rings. The van der Waals surface area contributed by atoms with Crippen LogP contribution in [0.3, 0.4) is 0 Å². The maximum Gasteiger partial charge on any atom is 0.328 e. The van der Waals surface area contributed by atoms with E-state index in [1.807, 2.05) is 10.6 Å². The highest BCUT2D eigenvalue weighted by Gasteiger charge is 2.53. The Labute approximate surface area is 159 Å². The van der Waals surface area contributed by atoms with Gasteiger partial charge in [0.15, 0.2) is 0 Å². The Kier molecular flexibility index (Phi) is 4.71. The van der Waals surface area contributed by atoms with Crippen molar-refractivity contribution in [2.75, 3.05) is 0 Å². The number of carbonyl (C=O) groups is 4. The first-order valence-corrected chi connectivity index (χ1v) is 9.37. The number of imide groups is 2. The van der Waals surface area contributed by atoms with Crippen molar-refractivity contribution >= 4 is 33.8 Å². The predicted octanol–water partition coefficient (Wildman–Crippen LogP) is -0.675. The van der Waals surface area contributed by atoms with Crippen molar-refractivity contribution in [1.29, 1.82) is 0 Å². The zero-order valence-electron chi connectivity index (χ0n) is 14.1. The molecular formula is C17H14N4O6S. The Morgan fingerprint density at radius 1 is 0.893 bits per heavy atom. The summed E-state index contributed by atoms with van der Waals surface area (Å²) in [5, 5.41) is 11.3. The Hall–Kier alpha value is -3.57. The number of carbonyl (C=O) groups excluding carboxylic acids is 4. The molecule has 1 saturated heterocycles. The number of sulfonamides is 1. The summed E-state index contributed by atoms with van der Waals surface area (Å²) in [4.78, 5) is 49.1. The standard InChI is InChI=1S/C17H14N4O6S/c18-28(26,27)12-8-6-10(7-9-12)13(22)21-17(11-4-2-1-3-5-11)14(23)19-16(25)20-15(17)24/h1-9H,(H,21,22)(H2,18,26,27)(H2,19,20,23,24,25). The van der Waals surface area contributed by atoms with Gasteiger partial charge in [-0.3, -0.25) is 25.0 Å². The summed E-state index contributed by atoms with van der Waals surface area (Å²) in [5.41, 5.74) is -2.09. The largest absolute Gasteiger partial charge is 0.328 e. The van der Waals surface area contributed by atoms with Gasteiger partial charge < -0.3 is 5.32 Å². The number of amides is 5. The van der Waals surface area contributed by atoms with E-state index in [4.69, 9.17) is 5.14 Å². The van der Waals surface area contributed by atoms with Gasteiger partial charge in [0.2, 0.25) is 15.6 Å². The molecule has 0 bridgehead atoms. The molecule has 10 nitrogen and oxygen atoms in total. The van der Waals surface area contributed by atoms with E-state index in [0.29, 0.717) is 0 Å². The number of hydrogen-bond acceptors (Lipinski definition) is 6. The van der Waals surface area contributed by atoms with Crippen molar-refractivity contribution in [3.05, 3.63) is 65.7 Å². The number of urea groups is 1. The summed E-state index contributed by atoms with van der Waals surface area (Å²) in [5.74, 6) is -2.90. The highest BCUT2D eigenvalue weighted by molar-refractivity contribution is 7.89. The van der Waals surface area contributed by atoms with E-state index < -0.39 is 39.3 Å². The average Bonchev–Trinajstić information content (AvgIpc) is 2.64. The lowest BCUT2D eigenvalue weighted by Crippen LogP contribution is -2.71. The number of benzene rings is 2. The third-order valence-corrected chi connectivity index (χ3v) is 5.02. The van der Waals surface area contributed by atoms with E-state index in [0.717, 1.165) is 12.1 Å². The Bertz CT molecular complexity index is 1060. The molecule has 0 unspecified atom stereocenters. The van der Waals surface area contributed by atoms with Gasteiger partial charge in [0.1, 0.15) is 0 Å². The molecule has 5 amide bonds. The second-order valence-electron chi connectivity index (χ2n) is 5.88. The van der Waals surface area contributed by atoms with Gasteiger partial charge in [0, 0.05) is 5.56 Å². The zero-order chi connectivity index (χ0) is 20.5. The molecule has 1 aliphatic rings. The Balaban J connectivity index is 2.01. The van der Waals surface area contributed by atoms with E-state index in [9.17, 15) is 27.6 Å². The molecule has 0 saturated carbocycles. The average molecular weight is 402 g/mol. The van der Waals surface area contributed by atoms with Gasteiger partial charge in [-0.2, -0.15) is 0 Å². The van der Waals surface area contributed by atoms with Crippen LogP contribution in [0, 0.1) is 0 Å². The van der Waals surface area contributed by atoms with E-state index in [1.54, 1.807) is 18.2 Å². The lowest BCUT2D eigenvalue weighted by molar-refractivity contribution is -0.139. The van der Waals surface area contributed by atoms with Crippen LogP contribution in [0.1, 0.15) is 15.9 Å². The van der Waals surface area contributed by atoms with Gasteiger partial charge in [0.25, 0.3) is 17.7 Å². The topological polar surface area (TPSA) is 165 Å². The number of rotatable bonds is 4. The summed E-state index contributed by atoms with van der Waals surface area (Å²) in [6.07, 6.45) is 0. The molecule has 0 aromatic heterocycles. The first-order valence-electron chi connectivity index (χ1n) is 7.82. The number of hydrogen-bond donors (Lipinski definition) is 4. The molecule has 0 spiro atoms. The van der Waals surface area contributed by atoms with Gasteiger partial charge in [-0.1, -0.05) is 30.3 Å². The van der Waals surface area contributed by atoms with E-state index in [2.05, 4.69) is 5.32 Å². The first kappa shape index (κ1) is 19.2. The van der Waals surface area contributed by atoms with Crippen LogP contribution in [0.2, 0.25) is 0 Å². The summed E-state index contributed by atoms with van der Waals surface area (Å²) in [7, 11) is -3.95. The van der Waals surface area contributed by atoms with E-state index in [1.165, 1.54) is 24.3 Å². The maximum absolute atomic E-state index is 12.7. The van der Waals surface area contributed by atoms with Crippen molar-refractivity contribution in [2.24, 2.45) is 5.14 Å². The third-order valence-electron chi connectivity index (χ3n) is 4.09. The molecule has 2 aromatic rings. The molecule has 3 rings (SSSR count). The van der Waals surface area contributed by atoms with Crippen LogP contribution in [-0.2, 0) is 25.2 Å². The fourth-order valence-electron chi connectivity index (χ4n) is 2.70. The highest BCUT2D eigenvalue weighted by atomic mass is 32.2. The fraction of sp³-hybridized carbons (Fsp3) is 0.0588. The van der Waals surface area contributed by atoms with Crippen LogP contribution in [0.4, 0.5) is 4.79 Å². The smallest absolute Gasteiger partial charge is 0.326 e. The third kappa shape index (κ3) is 3.35. The van der Waals surface area contributed by atoms with Gasteiger partial charge >= 0.3 is 6.03 Å². The van der Waals surface area contributed by atoms with Gasteiger partial charge in [-0.15, -0.1) is 0 Å². The molecule has 2 aromatic carbocycles. The van der Waals surface area contributed by atoms with Crippen LogP contribution >= 0.6 is 0 Å². The van der Waals surface area contributed by atoms with Crippen molar-refractivity contribution < 1.29 is 27.6 Å². The molecule has 0 aliphatic carbocycles. The maximum atomic E-state index is 12.7. The number of nitrogens with one attached hydrogen (secondary N) is 3. The van der Waals surface area contributed by atoms with E-state index >= 15 is 0 Å². The van der Waals surface area contributed by atoms with Crippen molar-refractivity contribution in [3.63, 3.8) is 0 Å². The SMILES string of the molecule is NS(=O)(=O)c1ccc(C(=O)NC2(c3ccccc3)C(=O)NC(=O)NC2=O)cc1. The van der Waals surface area contributed by atoms with Crippen molar-refractivity contribution in [3.8, 4) is 0 Å². The lowest BCUT2D eigenvalue weighted by Gasteiger charge is -2.34. The van der Waals surface area contributed by atoms with Crippen molar-refractivity contribution in [1.82, 2.24) is 16.0 Å². The molecule has 1 heterocycles. The minimum atomic E-state index is -3.95. The number of nitrogens with two attached hydrogens (primary N) is 1. The first-order chi connectivity index (χ1) is 13.1. The second-order valence-corrected chi connectivity index (χ2v) is 7.44. The van der Waals surface area contributed by atoms with Crippen LogP contribution in [0.25, 0.3) is 0 Å². The zero-order valence-corrected chi connectivity index (χ0v) is 14.9. The normalized spacial score (nSPS) is 16.1. The number of primary sulfonamides is 1. The van der Waals surface area contributed by atoms with Crippen LogP contribution < -0.4 is 21.1 Å². The molecular weight excluding hydrogens is 388 g/mol. The second kappa shape index (κ2) is 6.87. The van der Waals surface area contributed by atoms with Crippen molar-refractivity contribution in [2.45, 2.75) is 10.4 Å². The molecule has 0 atom stereocenters. The summed E-state index contributed by atoms with van der Waals surface area (Å²) < 4.78 is 22.6. The molecule has 0 radical (unpaired) electrons. The summed E-state index contributed by atoms with van der Waals surface area (Å²) >= 11 is 0. The Morgan fingerprint density at radius 2 is 1.43 bits per heavy atom. The minimum absolute atomic E-state index is 0.0276. The molecule has 11 heteroatoms.